The first kappa shape index (κ1) is 36.7. The summed E-state index contributed by atoms with van der Waals surface area (Å²) in [7, 11) is 0. The van der Waals surface area contributed by atoms with Crippen LogP contribution in [0.15, 0.2) is 48.4 Å². The molecular formula is C37H52IrNO2-. The SMILES string of the molecule is CCC(C)(C)C(=O)C=C(O)C(C)(C)CC.CCC(C)c1ccc2c(-c3[c-]c(C)cc(C)c3)nccc2c1C(C)C.[Ir]. The summed E-state index contributed by atoms with van der Waals surface area (Å²) in [4.78, 5) is 16.6. The number of ketones is 1. The van der Waals surface area contributed by atoms with Crippen molar-refractivity contribution in [3.8, 4) is 11.3 Å². The topological polar surface area (TPSA) is 50.2 Å². The second-order valence-electron chi connectivity index (χ2n) is 12.9. The zero-order valence-corrected chi connectivity index (χ0v) is 29.8. The fraction of sp³-hybridized carbons (Fsp3) is 0.514. The summed E-state index contributed by atoms with van der Waals surface area (Å²) in [6.07, 6.45) is 6.10. The molecule has 0 saturated heterocycles. The minimum Gasteiger partial charge on any atom is -0.512 e. The third-order valence-corrected chi connectivity index (χ3v) is 8.54. The summed E-state index contributed by atoms with van der Waals surface area (Å²) in [6.45, 7) is 25.1. The Labute approximate surface area is 263 Å². The van der Waals surface area contributed by atoms with E-state index in [2.05, 4.69) is 77.9 Å². The fourth-order valence-corrected chi connectivity index (χ4v) is 4.70. The van der Waals surface area contributed by atoms with Crippen molar-refractivity contribution in [3.63, 3.8) is 0 Å². The van der Waals surface area contributed by atoms with E-state index < -0.39 is 0 Å². The van der Waals surface area contributed by atoms with Crippen molar-refractivity contribution in [2.45, 2.75) is 114 Å². The molecule has 1 unspecified atom stereocenters. The van der Waals surface area contributed by atoms with Crippen LogP contribution >= 0.6 is 0 Å². The van der Waals surface area contributed by atoms with Crippen LogP contribution in [0.2, 0.25) is 0 Å². The number of hydrogen-bond donors (Lipinski definition) is 1. The van der Waals surface area contributed by atoms with Gasteiger partial charge < -0.3 is 10.1 Å². The van der Waals surface area contributed by atoms with E-state index in [0.717, 1.165) is 36.1 Å². The van der Waals surface area contributed by atoms with Gasteiger partial charge in [0.1, 0.15) is 5.76 Å². The number of carbonyl (C=O) groups excluding carboxylic acids is 1. The summed E-state index contributed by atoms with van der Waals surface area (Å²) < 4.78 is 0. The van der Waals surface area contributed by atoms with Crippen LogP contribution in [-0.4, -0.2) is 15.9 Å². The van der Waals surface area contributed by atoms with Gasteiger partial charge in [-0.2, -0.15) is 0 Å². The number of fused-ring (bicyclic) bond motifs is 1. The Balaban J connectivity index is 0.000000456. The monoisotopic (exact) mass is 735 g/mol. The number of aliphatic hydroxyl groups excluding tert-OH is 1. The number of aryl methyl sites for hydroxylation is 2. The number of rotatable bonds is 9. The second-order valence-corrected chi connectivity index (χ2v) is 12.9. The van der Waals surface area contributed by atoms with Gasteiger partial charge in [-0.25, -0.2) is 0 Å². The van der Waals surface area contributed by atoms with Crippen LogP contribution < -0.4 is 0 Å². The molecular weight excluding hydrogens is 683 g/mol. The van der Waals surface area contributed by atoms with Crippen molar-refractivity contribution in [2.75, 3.05) is 0 Å². The maximum Gasteiger partial charge on any atom is 0.164 e. The number of allylic oxidation sites excluding steroid dienone is 2. The molecule has 3 rings (SSSR count). The number of benzene rings is 2. The zero-order chi connectivity index (χ0) is 30.4. The minimum atomic E-state index is -0.377. The molecule has 41 heavy (non-hydrogen) atoms. The molecule has 0 bridgehead atoms. The molecule has 1 aromatic heterocycles. The van der Waals surface area contributed by atoms with Gasteiger partial charge in [0.15, 0.2) is 5.78 Å². The molecule has 0 saturated carbocycles. The molecule has 1 atom stereocenters. The molecule has 0 aliphatic carbocycles. The molecule has 2 aromatic carbocycles. The Morgan fingerprint density at radius 2 is 1.56 bits per heavy atom. The number of aliphatic hydroxyl groups is 1. The molecule has 3 nitrogen and oxygen atoms in total. The van der Waals surface area contributed by atoms with E-state index in [1.54, 1.807) is 0 Å². The van der Waals surface area contributed by atoms with Gasteiger partial charge in [-0.3, -0.25) is 4.79 Å². The molecule has 0 spiro atoms. The number of hydrogen-bond acceptors (Lipinski definition) is 3. The van der Waals surface area contributed by atoms with Gasteiger partial charge in [0.25, 0.3) is 0 Å². The quantitative estimate of drug-likeness (QED) is 0.135. The predicted molar refractivity (Wildman–Crippen MR) is 172 cm³/mol. The number of carbonyl (C=O) groups is 1. The number of nitrogens with zero attached hydrogens (tertiary/aromatic N) is 1. The first-order valence-corrected chi connectivity index (χ1v) is 15.0. The Morgan fingerprint density at radius 1 is 0.951 bits per heavy atom. The van der Waals surface area contributed by atoms with Gasteiger partial charge in [0.2, 0.25) is 0 Å². The van der Waals surface area contributed by atoms with Gasteiger partial charge in [-0.1, -0.05) is 95.2 Å². The molecule has 4 heteroatoms. The van der Waals surface area contributed by atoms with Crippen LogP contribution in [0.3, 0.4) is 0 Å². The normalized spacial score (nSPS) is 13.0. The van der Waals surface area contributed by atoms with Gasteiger partial charge in [0.05, 0.1) is 0 Å². The van der Waals surface area contributed by atoms with E-state index >= 15 is 0 Å². The Morgan fingerprint density at radius 3 is 2.07 bits per heavy atom. The van der Waals surface area contributed by atoms with E-state index in [1.165, 1.54) is 33.5 Å². The van der Waals surface area contributed by atoms with Crippen LogP contribution in [0.4, 0.5) is 0 Å². The smallest absolute Gasteiger partial charge is 0.164 e. The molecule has 0 aliphatic heterocycles. The molecule has 1 heterocycles. The average Bonchev–Trinajstić information content (AvgIpc) is 2.90. The van der Waals surface area contributed by atoms with E-state index in [0.29, 0.717) is 11.8 Å². The van der Waals surface area contributed by atoms with Crippen LogP contribution in [0.5, 0.6) is 0 Å². The van der Waals surface area contributed by atoms with Crippen LogP contribution in [0.1, 0.15) is 123 Å². The van der Waals surface area contributed by atoms with Crippen LogP contribution in [0.25, 0.3) is 22.0 Å². The van der Waals surface area contributed by atoms with Gasteiger partial charge in [-0.05, 0) is 64.8 Å². The van der Waals surface area contributed by atoms with E-state index in [4.69, 9.17) is 4.98 Å². The average molecular weight is 735 g/mol. The third kappa shape index (κ3) is 9.10. The Kier molecular flexibility index (Phi) is 13.7. The van der Waals surface area contributed by atoms with E-state index in [-0.39, 0.29) is 42.5 Å². The summed E-state index contributed by atoms with van der Waals surface area (Å²) in [5, 5.41) is 12.4. The van der Waals surface area contributed by atoms with E-state index in [1.807, 2.05) is 47.7 Å². The Hall–Kier alpha value is -2.29. The minimum absolute atomic E-state index is 0. The predicted octanol–water partition coefficient (Wildman–Crippen LogP) is 10.8. The maximum atomic E-state index is 11.8. The van der Waals surface area contributed by atoms with Crippen LogP contribution in [-0.2, 0) is 24.9 Å². The third-order valence-electron chi connectivity index (χ3n) is 8.54. The van der Waals surface area contributed by atoms with Gasteiger partial charge in [0, 0.05) is 43.2 Å². The van der Waals surface area contributed by atoms with Crippen molar-refractivity contribution in [3.05, 3.63) is 76.7 Å². The number of aromatic nitrogens is 1. The first-order valence-electron chi connectivity index (χ1n) is 15.0. The molecule has 1 radical (unpaired) electrons. The van der Waals surface area contributed by atoms with Crippen molar-refractivity contribution < 1.29 is 30.0 Å². The largest absolute Gasteiger partial charge is 0.512 e. The molecule has 0 fully saturated rings. The first-order chi connectivity index (χ1) is 18.6. The van der Waals surface area contributed by atoms with Crippen LogP contribution in [0, 0.1) is 30.7 Å². The standard InChI is InChI=1S/C24H28N.C13H24O2.Ir/c1-7-18(6)20-8-9-22-21(23(20)15(2)3)10-11-25-24(22)19-13-16(4)12-17(5)14-19;1-7-12(3,4)10(14)9-11(15)13(5,6)8-2;/h8-13,15,18H,7H2,1-6H3;9,14H,7-8H2,1-6H3;/q-1;;. The molecule has 0 amide bonds. The maximum absolute atomic E-state index is 11.8. The zero-order valence-electron chi connectivity index (χ0n) is 27.5. The van der Waals surface area contributed by atoms with E-state index in [9.17, 15) is 9.90 Å². The molecule has 227 valence electrons. The summed E-state index contributed by atoms with van der Waals surface area (Å²) >= 11 is 0. The van der Waals surface area contributed by atoms with Crippen molar-refractivity contribution in [1.29, 1.82) is 0 Å². The van der Waals surface area contributed by atoms with Gasteiger partial charge in [-0.15, -0.1) is 34.9 Å². The van der Waals surface area contributed by atoms with Gasteiger partial charge >= 0.3 is 0 Å². The molecule has 0 aliphatic rings. The number of pyridine rings is 1. The molecule has 1 N–H and O–H groups in total. The van der Waals surface area contributed by atoms with Crippen molar-refractivity contribution in [1.82, 2.24) is 4.98 Å². The fourth-order valence-electron chi connectivity index (χ4n) is 4.70. The second kappa shape index (κ2) is 15.3. The van der Waals surface area contributed by atoms with Crippen molar-refractivity contribution in [2.24, 2.45) is 10.8 Å². The van der Waals surface area contributed by atoms with Crippen molar-refractivity contribution >= 4 is 16.6 Å². The Bertz CT molecular complexity index is 1330. The molecule has 3 aromatic rings. The summed E-state index contributed by atoms with van der Waals surface area (Å²) in [6, 6.07) is 14.6. The summed E-state index contributed by atoms with van der Waals surface area (Å²) in [5.74, 6) is 1.26. The summed E-state index contributed by atoms with van der Waals surface area (Å²) in [5.41, 5.74) is 6.82.